The van der Waals surface area contributed by atoms with E-state index in [4.69, 9.17) is 4.74 Å². The molecular weight excluding hydrogens is 304 g/mol. The van der Waals surface area contributed by atoms with Crippen LogP contribution >= 0.6 is 0 Å². The molecule has 0 radical (unpaired) electrons. The summed E-state index contributed by atoms with van der Waals surface area (Å²) in [5.74, 6) is -0.137. The third kappa shape index (κ3) is 3.25. The summed E-state index contributed by atoms with van der Waals surface area (Å²) in [6.07, 6.45) is 5.46. The Kier molecular flexibility index (Phi) is 5.49. The number of esters is 1. The minimum atomic E-state index is -0.264. The van der Waals surface area contributed by atoms with Gasteiger partial charge in [-0.2, -0.15) is 0 Å². The Morgan fingerprint density at radius 3 is 2.71 bits per heavy atom. The van der Waals surface area contributed by atoms with Gasteiger partial charge in [0.15, 0.2) is 5.78 Å². The lowest BCUT2D eigenvalue weighted by atomic mass is 9.58. The maximum Gasteiger partial charge on any atom is 0.333 e. The molecule has 0 heterocycles. The van der Waals surface area contributed by atoms with Crippen molar-refractivity contribution in [3.8, 4) is 0 Å². The lowest BCUT2D eigenvalue weighted by Gasteiger charge is -2.48. The van der Waals surface area contributed by atoms with Crippen molar-refractivity contribution < 1.29 is 19.4 Å². The fourth-order valence-electron chi connectivity index (χ4n) is 3.71. The maximum atomic E-state index is 12.3. The number of rotatable bonds is 3. The van der Waals surface area contributed by atoms with Gasteiger partial charge in [0, 0.05) is 17.1 Å². The van der Waals surface area contributed by atoms with E-state index in [2.05, 4.69) is 13.8 Å². The summed E-state index contributed by atoms with van der Waals surface area (Å²) in [6, 6.07) is 0. The molecule has 0 aromatic heterocycles. The molecule has 3 atom stereocenters. The van der Waals surface area contributed by atoms with Crippen molar-refractivity contribution in [2.24, 2.45) is 11.3 Å². The molecular formula is C20H28O4. The van der Waals surface area contributed by atoms with Gasteiger partial charge in [-0.15, -0.1) is 0 Å². The van der Waals surface area contributed by atoms with Gasteiger partial charge in [-0.05, 0) is 57.1 Å². The molecule has 0 bridgehead atoms. The van der Waals surface area contributed by atoms with Gasteiger partial charge in [-0.25, -0.2) is 4.79 Å². The average molecular weight is 332 g/mol. The Balaban J connectivity index is 2.30. The van der Waals surface area contributed by atoms with Gasteiger partial charge in [-0.1, -0.05) is 25.5 Å². The summed E-state index contributed by atoms with van der Waals surface area (Å²) in [4.78, 5) is 24.5. The van der Waals surface area contributed by atoms with Crippen molar-refractivity contribution in [1.82, 2.24) is 0 Å². The molecule has 24 heavy (non-hydrogen) atoms. The number of carbonyl (C=O) groups excluding carboxylic acids is 2. The molecule has 0 aromatic carbocycles. The van der Waals surface area contributed by atoms with E-state index < -0.39 is 0 Å². The minimum absolute atomic E-state index is 0.0152. The summed E-state index contributed by atoms with van der Waals surface area (Å²) in [5.41, 5.74) is 2.97. The van der Waals surface area contributed by atoms with E-state index in [1.165, 1.54) is 0 Å². The number of hydrogen-bond acceptors (Lipinski definition) is 4. The topological polar surface area (TPSA) is 63.6 Å². The Hall–Kier alpha value is -1.68. The number of aliphatic hydroxyl groups is 1. The van der Waals surface area contributed by atoms with E-state index in [1.807, 2.05) is 6.92 Å². The van der Waals surface area contributed by atoms with Crippen LogP contribution in [0.4, 0.5) is 0 Å². The Morgan fingerprint density at radius 2 is 2.12 bits per heavy atom. The Morgan fingerprint density at radius 1 is 1.46 bits per heavy atom. The van der Waals surface area contributed by atoms with Crippen LogP contribution in [0.25, 0.3) is 0 Å². The highest BCUT2D eigenvalue weighted by molar-refractivity contribution is 6.06. The normalized spacial score (nSPS) is 32.8. The van der Waals surface area contributed by atoms with E-state index in [0.717, 1.165) is 24.0 Å². The van der Waals surface area contributed by atoms with Crippen LogP contribution in [0.1, 0.15) is 53.9 Å². The fraction of sp³-hybridized carbons (Fsp3) is 0.600. The second-order valence-corrected chi connectivity index (χ2v) is 7.29. The van der Waals surface area contributed by atoms with Crippen molar-refractivity contribution in [2.45, 2.75) is 60.0 Å². The van der Waals surface area contributed by atoms with Crippen LogP contribution in [0.15, 0.2) is 34.4 Å². The molecule has 1 fully saturated rings. The Bertz CT molecular complexity index is 638. The second kappa shape index (κ2) is 7.06. The van der Waals surface area contributed by atoms with E-state index in [9.17, 15) is 14.7 Å². The molecule has 0 spiro atoms. The SMILES string of the molecule is C/C=C(/C)C(=O)O[C@@H]1CCC2=CC(=O)/C(=C(\C)CO)C[C@]2(C)[C@H]1C. The smallest absolute Gasteiger partial charge is 0.333 e. The van der Waals surface area contributed by atoms with Crippen LogP contribution in [0.2, 0.25) is 0 Å². The molecule has 1 N–H and O–H groups in total. The van der Waals surface area contributed by atoms with Crippen LogP contribution in [-0.4, -0.2) is 29.6 Å². The quantitative estimate of drug-likeness (QED) is 0.634. The zero-order valence-corrected chi connectivity index (χ0v) is 15.3. The van der Waals surface area contributed by atoms with Gasteiger partial charge in [0.25, 0.3) is 0 Å². The molecule has 2 rings (SSSR count). The molecule has 4 heteroatoms. The summed E-state index contributed by atoms with van der Waals surface area (Å²) in [7, 11) is 0. The van der Waals surface area contributed by atoms with Crippen LogP contribution in [0.3, 0.4) is 0 Å². The van der Waals surface area contributed by atoms with Gasteiger partial charge in [0.2, 0.25) is 0 Å². The zero-order chi connectivity index (χ0) is 18.1. The van der Waals surface area contributed by atoms with E-state index >= 15 is 0 Å². The van der Waals surface area contributed by atoms with Crippen molar-refractivity contribution in [3.05, 3.63) is 34.4 Å². The molecule has 0 aliphatic heterocycles. The standard InChI is InChI=1S/C20H28O4/c1-6-12(2)19(23)24-18-8-7-15-9-17(22)16(13(3)11-21)10-20(15,5)14(18)4/h6,9,14,18,21H,7-8,10-11H2,1-5H3/b12-6-,16-13+/t14-,18+,20+/m0/s1. The number of ether oxygens (including phenoxy) is 1. The summed E-state index contributed by atoms with van der Waals surface area (Å²) in [5, 5.41) is 9.40. The predicted molar refractivity (Wildman–Crippen MR) is 93.3 cm³/mol. The number of allylic oxidation sites excluding steroid dienone is 4. The summed E-state index contributed by atoms with van der Waals surface area (Å²) in [6.45, 7) is 9.52. The van der Waals surface area contributed by atoms with E-state index in [0.29, 0.717) is 17.6 Å². The van der Waals surface area contributed by atoms with Crippen molar-refractivity contribution >= 4 is 11.8 Å². The van der Waals surface area contributed by atoms with Crippen LogP contribution in [-0.2, 0) is 14.3 Å². The number of carbonyl (C=O) groups is 2. The van der Waals surface area contributed by atoms with Crippen LogP contribution in [0, 0.1) is 11.3 Å². The largest absolute Gasteiger partial charge is 0.459 e. The number of hydrogen-bond donors (Lipinski definition) is 1. The third-order valence-electron chi connectivity index (χ3n) is 5.91. The highest BCUT2D eigenvalue weighted by Gasteiger charge is 2.47. The molecule has 0 amide bonds. The predicted octanol–water partition coefficient (Wildman–Crippen LogP) is 3.51. The van der Waals surface area contributed by atoms with Gasteiger partial charge < -0.3 is 9.84 Å². The monoisotopic (exact) mass is 332 g/mol. The number of ketones is 1. The second-order valence-electron chi connectivity index (χ2n) is 7.29. The first-order valence-electron chi connectivity index (χ1n) is 8.63. The highest BCUT2D eigenvalue weighted by atomic mass is 16.5. The van der Waals surface area contributed by atoms with E-state index in [1.54, 1.807) is 26.0 Å². The van der Waals surface area contributed by atoms with E-state index in [-0.39, 0.29) is 35.8 Å². The van der Waals surface area contributed by atoms with Crippen LogP contribution in [0.5, 0.6) is 0 Å². The molecule has 0 aromatic rings. The first-order chi connectivity index (χ1) is 11.2. The Labute approximate surface area is 144 Å². The fourth-order valence-corrected chi connectivity index (χ4v) is 3.71. The van der Waals surface area contributed by atoms with Gasteiger partial charge >= 0.3 is 5.97 Å². The number of aliphatic hydroxyl groups excluding tert-OH is 1. The lowest BCUT2D eigenvalue weighted by molar-refractivity contribution is -0.151. The molecule has 0 unspecified atom stereocenters. The van der Waals surface area contributed by atoms with Crippen molar-refractivity contribution in [1.29, 1.82) is 0 Å². The molecule has 132 valence electrons. The lowest BCUT2D eigenvalue weighted by Crippen LogP contribution is -2.45. The average Bonchev–Trinajstić information content (AvgIpc) is 2.57. The van der Waals surface area contributed by atoms with Crippen molar-refractivity contribution in [2.75, 3.05) is 6.61 Å². The molecule has 2 aliphatic rings. The van der Waals surface area contributed by atoms with Crippen LogP contribution < -0.4 is 0 Å². The van der Waals surface area contributed by atoms with Gasteiger partial charge in [-0.3, -0.25) is 4.79 Å². The number of fused-ring (bicyclic) bond motifs is 1. The summed E-state index contributed by atoms with van der Waals surface area (Å²) >= 11 is 0. The first kappa shape index (κ1) is 18.7. The maximum absolute atomic E-state index is 12.3. The molecule has 2 aliphatic carbocycles. The molecule has 0 saturated heterocycles. The third-order valence-corrected chi connectivity index (χ3v) is 5.91. The van der Waals surface area contributed by atoms with Gasteiger partial charge in [0.1, 0.15) is 6.10 Å². The zero-order valence-electron chi connectivity index (χ0n) is 15.3. The molecule has 4 nitrogen and oxygen atoms in total. The first-order valence-corrected chi connectivity index (χ1v) is 8.63. The summed E-state index contributed by atoms with van der Waals surface area (Å²) < 4.78 is 5.73. The highest BCUT2D eigenvalue weighted by Crippen LogP contribution is 2.52. The molecule has 1 saturated carbocycles. The van der Waals surface area contributed by atoms with Gasteiger partial charge in [0.05, 0.1) is 6.61 Å². The minimum Gasteiger partial charge on any atom is -0.459 e. The van der Waals surface area contributed by atoms with Crippen molar-refractivity contribution in [3.63, 3.8) is 0 Å².